The molecule has 0 N–H and O–H groups in total. The van der Waals surface area contributed by atoms with Crippen LogP contribution in [0.2, 0.25) is 0 Å². The Morgan fingerprint density at radius 1 is 1.14 bits per heavy atom. The van der Waals surface area contributed by atoms with Gasteiger partial charge in [-0.25, -0.2) is 13.2 Å². The average molecular weight is 267 g/mol. The van der Waals surface area contributed by atoms with E-state index in [0.717, 1.165) is 0 Å². The molecule has 1 aromatic carbocycles. The maximum atomic E-state index is 13.0. The number of benzene rings is 1. The van der Waals surface area contributed by atoms with Crippen LogP contribution in [0.5, 0.6) is 0 Å². The lowest BCUT2D eigenvalue weighted by Gasteiger charge is -2.13. The van der Waals surface area contributed by atoms with Crippen molar-refractivity contribution in [3.63, 3.8) is 0 Å². The van der Waals surface area contributed by atoms with Crippen molar-refractivity contribution in [2.45, 2.75) is 25.1 Å². The van der Waals surface area contributed by atoms with Crippen LogP contribution in [0.15, 0.2) is 12.1 Å². The van der Waals surface area contributed by atoms with Crippen LogP contribution in [-0.2, 0) is 0 Å². The van der Waals surface area contributed by atoms with E-state index in [1.54, 1.807) is 13.8 Å². The van der Waals surface area contributed by atoms with Gasteiger partial charge in [-0.2, -0.15) is 0 Å². The van der Waals surface area contributed by atoms with Crippen molar-refractivity contribution >= 4 is 15.9 Å². The van der Waals surface area contributed by atoms with Gasteiger partial charge in [0.1, 0.15) is 10.6 Å². The van der Waals surface area contributed by atoms with Gasteiger partial charge in [-0.3, -0.25) is 0 Å². The smallest absolute Gasteiger partial charge is 0.209 e. The van der Waals surface area contributed by atoms with Gasteiger partial charge >= 0.3 is 0 Å². The van der Waals surface area contributed by atoms with E-state index in [-0.39, 0.29) is 5.82 Å². The Balaban J connectivity index is 3.15. The van der Waals surface area contributed by atoms with Gasteiger partial charge in [0.15, 0.2) is 0 Å². The molecule has 0 spiro atoms. The zero-order valence-corrected chi connectivity index (χ0v) is 9.41. The normalized spacial score (nSPS) is 13.4. The molecular formula is C10H10BrF3. The molecule has 1 rings (SSSR count). The second-order valence-corrected chi connectivity index (χ2v) is 4.18. The summed E-state index contributed by atoms with van der Waals surface area (Å²) in [4.78, 5) is -1.03. The monoisotopic (exact) mass is 266 g/mol. The number of aryl methyl sites for hydroxylation is 2. The molecule has 0 amide bonds. The average Bonchev–Trinajstić information content (AvgIpc) is 2.10. The van der Waals surface area contributed by atoms with Gasteiger partial charge in [0.25, 0.3) is 6.43 Å². The molecule has 78 valence electrons. The first-order valence-electron chi connectivity index (χ1n) is 4.12. The highest BCUT2D eigenvalue weighted by atomic mass is 79.9. The maximum absolute atomic E-state index is 13.0. The minimum Gasteiger partial charge on any atom is -0.209 e. The Bertz CT molecular complexity index is 336. The van der Waals surface area contributed by atoms with Crippen LogP contribution >= 0.6 is 15.9 Å². The summed E-state index contributed by atoms with van der Waals surface area (Å²) in [7, 11) is 0. The Kier molecular flexibility index (Phi) is 3.59. The SMILES string of the molecule is Cc1cc(C(Br)C(F)F)c(C)cc1F. The van der Waals surface area contributed by atoms with Crippen molar-refractivity contribution < 1.29 is 13.2 Å². The lowest BCUT2D eigenvalue weighted by Crippen LogP contribution is -2.04. The maximum Gasteiger partial charge on any atom is 0.255 e. The summed E-state index contributed by atoms with van der Waals surface area (Å²) < 4.78 is 37.8. The molecule has 1 atom stereocenters. The van der Waals surface area contributed by atoms with Gasteiger partial charge in [0.2, 0.25) is 0 Å². The Morgan fingerprint density at radius 2 is 1.71 bits per heavy atom. The summed E-state index contributed by atoms with van der Waals surface area (Å²) in [5.74, 6) is -0.361. The van der Waals surface area contributed by atoms with Crippen LogP contribution in [0.1, 0.15) is 21.5 Å². The van der Waals surface area contributed by atoms with Crippen molar-refractivity contribution in [3.05, 3.63) is 34.6 Å². The molecule has 1 unspecified atom stereocenters. The highest BCUT2D eigenvalue weighted by Gasteiger charge is 2.21. The van der Waals surface area contributed by atoms with Gasteiger partial charge in [-0.1, -0.05) is 22.0 Å². The van der Waals surface area contributed by atoms with E-state index in [1.165, 1.54) is 12.1 Å². The van der Waals surface area contributed by atoms with Gasteiger partial charge in [0.05, 0.1) is 0 Å². The predicted molar refractivity (Wildman–Crippen MR) is 53.5 cm³/mol. The van der Waals surface area contributed by atoms with E-state index in [4.69, 9.17) is 0 Å². The van der Waals surface area contributed by atoms with Gasteiger partial charge in [-0.05, 0) is 36.6 Å². The van der Waals surface area contributed by atoms with Crippen molar-refractivity contribution in [1.29, 1.82) is 0 Å². The molecule has 0 nitrogen and oxygen atoms in total. The molecule has 0 aliphatic rings. The highest BCUT2D eigenvalue weighted by molar-refractivity contribution is 9.09. The van der Waals surface area contributed by atoms with Crippen molar-refractivity contribution in [1.82, 2.24) is 0 Å². The van der Waals surface area contributed by atoms with Crippen LogP contribution in [-0.4, -0.2) is 6.43 Å². The zero-order valence-electron chi connectivity index (χ0n) is 7.82. The van der Waals surface area contributed by atoms with Gasteiger partial charge in [0, 0.05) is 0 Å². The zero-order chi connectivity index (χ0) is 10.9. The van der Waals surface area contributed by atoms with E-state index in [2.05, 4.69) is 15.9 Å². The lowest BCUT2D eigenvalue weighted by atomic mass is 10.0. The second-order valence-electron chi connectivity index (χ2n) is 3.19. The first kappa shape index (κ1) is 11.6. The predicted octanol–water partition coefficient (Wildman–Crippen LogP) is 4.14. The molecule has 0 saturated heterocycles. The summed E-state index contributed by atoms with van der Waals surface area (Å²) in [6.07, 6.45) is -2.49. The fraction of sp³-hybridized carbons (Fsp3) is 0.400. The fourth-order valence-corrected chi connectivity index (χ4v) is 1.73. The lowest BCUT2D eigenvalue weighted by molar-refractivity contribution is 0.147. The van der Waals surface area contributed by atoms with Crippen LogP contribution in [0.4, 0.5) is 13.2 Å². The minimum atomic E-state index is -2.49. The number of hydrogen-bond acceptors (Lipinski definition) is 0. The summed E-state index contributed by atoms with van der Waals surface area (Å²) >= 11 is 2.89. The Labute approximate surface area is 89.3 Å². The van der Waals surface area contributed by atoms with Crippen molar-refractivity contribution in [2.75, 3.05) is 0 Å². The Hall–Kier alpha value is -0.510. The van der Waals surface area contributed by atoms with Crippen molar-refractivity contribution in [3.8, 4) is 0 Å². The first-order valence-corrected chi connectivity index (χ1v) is 5.04. The number of rotatable bonds is 2. The largest absolute Gasteiger partial charge is 0.255 e. The standard InChI is InChI=1S/C10H10BrF3/c1-5-4-8(12)6(2)3-7(5)9(11)10(13)14/h3-4,9-10H,1-2H3. The fourth-order valence-electron chi connectivity index (χ4n) is 1.24. The van der Waals surface area contributed by atoms with E-state index < -0.39 is 11.3 Å². The molecule has 14 heavy (non-hydrogen) atoms. The summed E-state index contributed by atoms with van der Waals surface area (Å²) in [5, 5.41) is 0. The third kappa shape index (κ3) is 2.29. The third-order valence-corrected chi connectivity index (χ3v) is 2.96. The molecule has 4 heteroatoms. The minimum absolute atomic E-state index is 0.361. The van der Waals surface area contributed by atoms with E-state index >= 15 is 0 Å². The number of halogens is 4. The summed E-state index contributed by atoms with van der Waals surface area (Å²) in [5.41, 5.74) is 1.37. The molecule has 0 heterocycles. The molecular weight excluding hydrogens is 257 g/mol. The molecule has 0 bridgehead atoms. The topological polar surface area (TPSA) is 0 Å². The van der Waals surface area contributed by atoms with Crippen LogP contribution in [0.25, 0.3) is 0 Å². The molecule has 0 saturated carbocycles. The van der Waals surface area contributed by atoms with E-state index in [0.29, 0.717) is 16.7 Å². The molecule has 1 aromatic rings. The number of hydrogen-bond donors (Lipinski definition) is 0. The molecule has 0 aliphatic heterocycles. The Morgan fingerprint density at radius 3 is 2.21 bits per heavy atom. The molecule has 0 radical (unpaired) electrons. The van der Waals surface area contributed by atoms with Crippen LogP contribution < -0.4 is 0 Å². The molecule has 0 aromatic heterocycles. The first-order chi connectivity index (χ1) is 6.43. The summed E-state index contributed by atoms with van der Waals surface area (Å²) in [6.45, 7) is 3.18. The quantitative estimate of drug-likeness (QED) is 0.706. The van der Waals surface area contributed by atoms with Crippen LogP contribution in [0.3, 0.4) is 0 Å². The second kappa shape index (κ2) is 4.34. The van der Waals surface area contributed by atoms with Gasteiger partial charge in [-0.15, -0.1) is 0 Å². The van der Waals surface area contributed by atoms with Crippen LogP contribution in [0, 0.1) is 19.7 Å². The summed E-state index contributed by atoms with van der Waals surface area (Å²) in [6, 6.07) is 2.73. The molecule has 0 fully saturated rings. The van der Waals surface area contributed by atoms with E-state index in [9.17, 15) is 13.2 Å². The third-order valence-electron chi connectivity index (χ3n) is 2.07. The molecule has 0 aliphatic carbocycles. The van der Waals surface area contributed by atoms with E-state index in [1.807, 2.05) is 0 Å². The number of alkyl halides is 3. The highest BCUT2D eigenvalue weighted by Crippen LogP contribution is 2.32. The van der Waals surface area contributed by atoms with Gasteiger partial charge < -0.3 is 0 Å². The van der Waals surface area contributed by atoms with Crippen molar-refractivity contribution in [2.24, 2.45) is 0 Å².